The third-order valence-electron chi connectivity index (χ3n) is 20.7. The fourth-order valence-electron chi connectivity index (χ4n) is 13.6. The summed E-state index contributed by atoms with van der Waals surface area (Å²) < 4.78 is 0. The van der Waals surface area contributed by atoms with Gasteiger partial charge in [-0.05, 0) is 182 Å². The average Bonchev–Trinajstić information content (AvgIpc) is 1.62. The lowest BCUT2D eigenvalue weighted by Crippen LogP contribution is -2.61. The predicted octanol–water partition coefficient (Wildman–Crippen LogP) is -0.152. The topological polar surface area (TPSA) is 596 Å². The number of amides is 15. The number of H-pyrrole nitrogens is 1. The summed E-state index contributed by atoms with van der Waals surface area (Å²) in [5.74, 6) is -13.1. The number of benzene rings is 2. The minimum Gasteiger partial charge on any atom is -0.368 e. The molecular formula is C85H143N21O15. The number of aromatic nitrogens is 1. The van der Waals surface area contributed by atoms with Crippen LogP contribution in [0.4, 0.5) is 0 Å². The van der Waals surface area contributed by atoms with Crippen molar-refractivity contribution in [2.24, 2.45) is 69.9 Å². The Morgan fingerprint density at radius 1 is 0.347 bits per heavy atom. The number of nitrogens with two attached hydrogens (primary N) is 6. The third-order valence-corrected chi connectivity index (χ3v) is 20.7. The Bertz CT molecular complexity index is 3800. The molecule has 27 N–H and O–H groups in total. The van der Waals surface area contributed by atoms with E-state index in [0.717, 1.165) is 16.5 Å². The van der Waals surface area contributed by atoms with Crippen LogP contribution >= 0.6 is 0 Å². The molecule has 3 rings (SSSR count). The van der Waals surface area contributed by atoms with Crippen LogP contribution in [-0.2, 0) is 84.8 Å². The van der Waals surface area contributed by atoms with Gasteiger partial charge in [0.05, 0.1) is 13.1 Å². The fourth-order valence-corrected chi connectivity index (χ4v) is 13.6. The Hall–Kier alpha value is -10.2. The van der Waals surface area contributed by atoms with E-state index in [1.165, 1.54) is 6.92 Å². The SMILES string of the molecule is CC[C@H](C)[C@H](NC(=O)[C@H](CCCCN)NC(=O)[C@H](CCCCN)NC(=O)[C@H](Cc1ccccc1)NC(=O)[C@H](CC(C)C)NC(=O)[C@H](CCCCN)NC(=O)[C@H](Cc1c[nH]c2ccccc12)NC(=O)CN)C(=O)NCC(=O)N[C@@H](C)C(=O)N[C@H](C(=O)N[C@@H](CC(C)C)C(=O)N[C@@H](CCCCN)C(=O)N[C@H](C(=O)N[C@@H](CC(C)C)C(N)=O)C(C)C)C(C)C. The standard InChI is InChI=1S/C85H143N21O15/c1-14-53(12)72(83(119)93-47-69(108)94-54(13)74(110)104-70(51(8)9)85(121)103-65(42-50(6)7)79(115)99-61(34-22-26-38-88)77(113)105-71(52(10)11)84(120)100-63(73(91)109)40-48(2)3)106-78(114)62(35-23-27-39-89)96-75(111)59(32-20-24-36-86)97-81(117)66(43-55-28-16-15-17-29-55)102-80(116)64(41-49(4)5)101-76(112)60(33-21-25-37-87)98-82(118)67(95-68(107)45-90)44-56-46-92-58-31-19-18-30-57(56)58/h15-19,28-31,46,48-54,59-67,70-72,92H,14,20-27,32-45,47,86-90H2,1-13H3,(H2,91,109)(H,93,119)(H,94,108)(H,95,107)(H,96,111)(H,97,117)(H,98,118)(H,99,115)(H,100,120)(H,101,112)(H,102,116)(H,103,121)(H,104,110)(H,105,113)(H,106,114)/t53-,54-,59-,60-,61-,62-,63-,64-,65-,66-,67-,70-,71-,72-/m0/s1. The molecule has 0 spiro atoms. The number of primary amides is 1. The van der Waals surface area contributed by atoms with Crippen molar-refractivity contribution in [2.45, 2.75) is 284 Å². The Labute approximate surface area is 712 Å². The van der Waals surface area contributed by atoms with E-state index in [9.17, 15) is 71.9 Å². The van der Waals surface area contributed by atoms with E-state index >= 15 is 0 Å². The maximum absolute atomic E-state index is 15.0. The molecule has 1 heterocycles. The predicted molar refractivity (Wildman–Crippen MR) is 463 cm³/mol. The van der Waals surface area contributed by atoms with Crippen molar-refractivity contribution in [1.82, 2.24) is 79.4 Å². The van der Waals surface area contributed by atoms with Crippen LogP contribution in [0.25, 0.3) is 10.9 Å². The quantitative estimate of drug-likeness (QED) is 0.0327. The lowest BCUT2D eigenvalue weighted by atomic mass is 9.97. The highest BCUT2D eigenvalue weighted by Gasteiger charge is 2.39. The van der Waals surface area contributed by atoms with Crippen LogP contribution in [0, 0.1) is 35.5 Å². The van der Waals surface area contributed by atoms with Gasteiger partial charge in [-0.25, -0.2) is 0 Å². The van der Waals surface area contributed by atoms with Gasteiger partial charge in [0.25, 0.3) is 0 Å². The first-order chi connectivity index (χ1) is 57.3. The van der Waals surface area contributed by atoms with Gasteiger partial charge < -0.3 is 114 Å². The third kappa shape index (κ3) is 38.2. The van der Waals surface area contributed by atoms with Gasteiger partial charge in [0.1, 0.15) is 78.5 Å². The molecule has 0 bridgehead atoms. The molecule has 1 aromatic heterocycles. The van der Waals surface area contributed by atoms with E-state index in [0.29, 0.717) is 69.9 Å². The van der Waals surface area contributed by atoms with Crippen LogP contribution < -0.4 is 109 Å². The number of rotatable bonds is 59. The molecule has 2 aromatic carbocycles. The number of hydrogen-bond donors (Lipinski definition) is 21. The van der Waals surface area contributed by atoms with Crippen LogP contribution in [-0.4, -0.2) is 211 Å². The molecule has 0 aliphatic heterocycles. The van der Waals surface area contributed by atoms with Gasteiger partial charge in [-0.1, -0.05) is 138 Å². The normalized spacial score (nSPS) is 14.9. The zero-order valence-corrected chi connectivity index (χ0v) is 73.3. The summed E-state index contributed by atoms with van der Waals surface area (Å²) in [5, 5.41) is 39.0. The highest BCUT2D eigenvalue weighted by molar-refractivity contribution is 6.00. The zero-order chi connectivity index (χ0) is 90.6. The number of aromatic amines is 1. The Morgan fingerprint density at radius 2 is 0.702 bits per heavy atom. The van der Waals surface area contributed by atoms with Crippen molar-refractivity contribution in [3.05, 3.63) is 71.9 Å². The molecule has 0 fully saturated rings. The van der Waals surface area contributed by atoms with Gasteiger partial charge in [-0.3, -0.25) is 71.9 Å². The molecule has 0 saturated carbocycles. The first-order valence-electron chi connectivity index (χ1n) is 42.9. The van der Waals surface area contributed by atoms with Gasteiger partial charge in [0, 0.05) is 29.9 Å². The van der Waals surface area contributed by atoms with Crippen molar-refractivity contribution in [3.63, 3.8) is 0 Å². The Morgan fingerprint density at radius 3 is 1.12 bits per heavy atom. The number of carbonyl (C=O) groups excluding carboxylic acids is 15. The summed E-state index contributed by atoms with van der Waals surface area (Å²) in [6.45, 7) is 22.5. The summed E-state index contributed by atoms with van der Waals surface area (Å²) in [4.78, 5) is 214. The lowest BCUT2D eigenvalue weighted by Gasteiger charge is -2.29. The largest absolute Gasteiger partial charge is 0.368 e. The van der Waals surface area contributed by atoms with Crippen molar-refractivity contribution >= 4 is 99.5 Å². The summed E-state index contributed by atoms with van der Waals surface area (Å²) >= 11 is 0. The molecule has 0 radical (unpaired) electrons. The number of para-hydroxylation sites is 1. The molecule has 678 valence electrons. The Kier molecular flexibility index (Phi) is 48.3. The fraction of sp³-hybridized carbons (Fsp3) is 0.659. The van der Waals surface area contributed by atoms with Gasteiger partial charge in [0.2, 0.25) is 88.6 Å². The van der Waals surface area contributed by atoms with E-state index in [4.69, 9.17) is 34.4 Å². The van der Waals surface area contributed by atoms with Gasteiger partial charge in [-0.15, -0.1) is 0 Å². The summed E-state index contributed by atoms with van der Waals surface area (Å²) in [6.07, 6.45) is 5.98. The van der Waals surface area contributed by atoms with Crippen LogP contribution in [0.1, 0.15) is 204 Å². The molecule has 0 unspecified atom stereocenters. The average molecular weight is 1700 g/mol. The van der Waals surface area contributed by atoms with E-state index in [2.05, 4.69) is 79.4 Å². The molecule has 0 aliphatic carbocycles. The minimum atomic E-state index is -1.38. The molecule has 0 saturated heterocycles. The minimum absolute atomic E-state index is 0.00635. The van der Waals surface area contributed by atoms with Gasteiger partial charge in [0.15, 0.2) is 0 Å². The maximum atomic E-state index is 15.0. The van der Waals surface area contributed by atoms with Crippen molar-refractivity contribution in [2.75, 3.05) is 39.3 Å². The molecule has 36 nitrogen and oxygen atoms in total. The molecule has 121 heavy (non-hydrogen) atoms. The molecule has 36 heteroatoms. The van der Waals surface area contributed by atoms with E-state index in [1.807, 2.05) is 65.8 Å². The molecule has 14 atom stereocenters. The van der Waals surface area contributed by atoms with Crippen LogP contribution in [0.5, 0.6) is 0 Å². The molecular weight excluding hydrogens is 1560 g/mol. The number of fused-ring (bicyclic) bond motifs is 1. The van der Waals surface area contributed by atoms with Gasteiger partial charge in [-0.2, -0.15) is 0 Å². The lowest BCUT2D eigenvalue weighted by molar-refractivity contribution is -0.136. The second kappa shape index (κ2) is 55.7. The smallest absolute Gasteiger partial charge is 0.243 e. The first-order valence-corrected chi connectivity index (χ1v) is 42.9. The number of nitrogens with one attached hydrogen (secondary N) is 15. The number of hydrogen-bond acceptors (Lipinski definition) is 20. The van der Waals surface area contributed by atoms with E-state index in [1.54, 1.807) is 78.1 Å². The Balaban J connectivity index is 1.85. The maximum Gasteiger partial charge on any atom is 0.243 e. The van der Waals surface area contributed by atoms with Crippen molar-refractivity contribution < 1.29 is 71.9 Å². The van der Waals surface area contributed by atoms with Gasteiger partial charge >= 0.3 is 0 Å². The summed E-state index contributed by atoms with van der Waals surface area (Å²) in [7, 11) is 0. The van der Waals surface area contributed by atoms with Crippen LogP contribution in [0.3, 0.4) is 0 Å². The van der Waals surface area contributed by atoms with Crippen molar-refractivity contribution in [3.8, 4) is 0 Å². The van der Waals surface area contributed by atoms with Crippen LogP contribution in [0.15, 0.2) is 60.8 Å². The molecule has 3 aromatic rings. The first kappa shape index (κ1) is 105. The summed E-state index contributed by atoms with van der Waals surface area (Å²) in [5.41, 5.74) is 36.9. The molecule has 0 aliphatic rings. The summed E-state index contributed by atoms with van der Waals surface area (Å²) in [6, 6.07) is 0.0294. The number of carbonyl (C=O) groups is 15. The highest BCUT2D eigenvalue weighted by Crippen LogP contribution is 2.21. The van der Waals surface area contributed by atoms with Crippen molar-refractivity contribution in [1.29, 1.82) is 0 Å². The molecule has 15 amide bonds. The van der Waals surface area contributed by atoms with E-state index in [-0.39, 0.29) is 95.2 Å². The highest BCUT2D eigenvalue weighted by atomic mass is 16.2. The second-order valence-corrected chi connectivity index (χ2v) is 33.3. The van der Waals surface area contributed by atoms with Crippen LogP contribution in [0.2, 0.25) is 0 Å². The van der Waals surface area contributed by atoms with E-state index < -0.39 is 198 Å². The second-order valence-electron chi connectivity index (χ2n) is 33.3. The number of unbranched alkanes of at least 4 members (excludes halogenated alkanes) is 4. The zero-order valence-electron chi connectivity index (χ0n) is 73.3. The monoisotopic (exact) mass is 1700 g/mol.